The second-order valence-electron chi connectivity index (χ2n) is 4.63. The predicted molar refractivity (Wildman–Crippen MR) is 87.3 cm³/mol. The van der Waals surface area contributed by atoms with Crippen LogP contribution in [0.5, 0.6) is 5.75 Å². The normalized spacial score (nSPS) is 11.8. The minimum Gasteiger partial charge on any atom is -0.496 e. The number of nitrogens with one attached hydrogen (secondary N) is 1. The molecule has 116 valence electrons. The third kappa shape index (κ3) is 4.98. The van der Waals surface area contributed by atoms with Gasteiger partial charge in [0.25, 0.3) is 0 Å². The monoisotopic (exact) mass is 375 g/mol. The molecule has 2 rings (SSSR count). The predicted octanol–water partition coefficient (Wildman–Crippen LogP) is 3.00. The Labute approximate surface area is 139 Å². The Hall–Kier alpha value is -1.11. The molecule has 5 nitrogen and oxygen atoms in total. The van der Waals surface area contributed by atoms with E-state index in [1.54, 1.807) is 7.11 Å². The van der Waals surface area contributed by atoms with Crippen LogP contribution in [0.2, 0.25) is 0 Å². The highest BCUT2D eigenvalue weighted by molar-refractivity contribution is 9.10. The summed E-state index contributed by atoms with van der Waals surface area (Å²) in [6.45, 7) is 2.08. The molecular weight excluding hydrogens is 358 g/mol. The standard InChI is InChI=1S/C14H18BrN3O2.ClH/c1-9(16-2)6-13-17-14(20-18-13)8-10-7-11(15)4-5-12(10)19-3;/h4-5,7,9,16H,6,8H2,1-3H3;1H. The first kappa shape index (κ1) is 17.9. The van der Waals surface area contributed by atoms with Gasteiger partial charge in [-0.1, -0.05) is 21.1 Å². The second kappa shape index (κ2) is 8.36. The van der Waals surface area contributed by atoms with Crippen LogP contribution in [0, 0.1) is 0 Å². The Morgan fingerprint density at radius 1 is 1.43 bits per heavy atom. The van der Waals surface area contributed by atoms with Crippen molar-refractivity contribution in [1.29, 1.82) is 0 Å². The number of methoxy groups -OCH3 is 1. The van der Waals surface area contributed by atoms with E-state index >= 15 is 0 Å². The SMILES string of the molecule is CNC(C)Cc1noc(Cc2cc(Br)ccc2OC)n1.Cl. The molecule has 0 aliphatic heterocycles. The molecule has 0 saturated heterocycles. The topological polar surface area (TPSA) is 60.2 Å². The molecular formula is C14H19BrClN3O2. The average molecular weight is 377 g/mol. The summed E-state index contributed by atoms with van der Waals surface area (Å²) in [5, 5.41) is 7.15. The van der Waals surface area contributed by atoms with Crippen LogP contribution in [0.25, 0.3) is 0 Å². The zero-order chi connectivity index (χ0) is 14.5. The Balaban J connectivity index is 0.00000220. The molecule has 0 amide bonds. The van der Waals surface area contributed by atoms with Crippen molar-refractivity contribution in [1.82, 2.24) is 15.5 Å². The van der Waals surface area contributed by atoms with Crippen LogP contribution in [-0.2, 0) is 12.8 Å². The first-order valence-electron chi connectivity index (χ1n) is 6.43. The number of hydrogen-bond acceptors (Lipinski definition) is 5. The highest BCUT2D eigenvalue weighted by atomic mass is 79.9. The van der Waals surface area contributed by atoms with Crippen molar-refractivity contribution in [3.8, 4) is 5.75 Å². The van der Waals surface area contributed by atoms with Gasteiger partial charge in [-0.25, -0.2) is 0 Å². The fraction of sp³-hybridized carbons (Fsp3) is 0.429. The molecule has 1 N–H and O–H groups in total. The highest BCUT2D eigenvalue weighted by Gasteiger charge is 2.12. The lowest BCUT2D eigenvalue weighted by molar-refractivity contribution is 0.372. The van der Waals surface area contributed by atoms with Crippen molar-refractivity contribution in [3.63, 3.8) is 0 Å². The summed E-state index contributed by atoms with van der Waals surface area (Å²) >= 11 is 3.46. The molecule has 0 radical (unpaired) electrons. The van der Waals surface area contributed by atoms with Crippen LogP contribution in [0.3, 0.4) is 0 Å². The second-order valence-corrected chi connectivity index (χ2v) is 5.55. The van der Waals surface area contributed by atoms with Gasteiger partial charge >= 0.3 is 0 Å². The van der Waals surface area contributed by atoms with E-state index in [4.69, 9.17) is 9.26 Å². The van der Waals surface area contributed by atoms with Gasteiger partial charge in [0.05, 0.1) is 13.5 Å². The molecule has 0 bridgehead atoms. The molecule has 1 atom stereocenters. The van der Waals surface area contributed by atoms with E-state index in [1.165, 1.54) is 0 Å². The summed E-state index contributed by atoms with van der Waals surface area (Å²) in [5.74, 6) is 2.13. The summed E-state index contributed by atoms with van der Waals surface area (Å²) < 4.78 is 11.6. The molecule has 0 aliphatic carbocycles. The lowest BCUT2D eigenvalue weighted by atomic mass is 10.1. The van der Waals surface area contributed by atoms with Gasteiger partial charge in [-0.15, -0.1) is 12.4 Å². The maximum absolute atomic E-state index is 5.34. The van der Waals surface area contributed by atoms with Crippen LogP contribution in [0.4, 0.5) is 0 Å². The van der Waals surface area contributed by atoms with Crippen molar-refractivity contribution >= 4 is 28.3 Å². The quantitative estimate of drug-likeness (QED) is 0.840. The molecule has 2 aromatic rings. The third-order valence-corrected chi connectivity index (χ3v) is 3.57. The average Bonchev–Trinajstić information content (AvgIpc) is 2.86. The maximum atomic E-state index is 5.34. The lowest BCUT2D eigenvalue weighted by Crippen LogP contribution is -2.24. The van der Waals surface area contributed by atoms with Crippen molar-refractivity contribution in [2.45, 2.75) is 25.8 Å². The van der Waals surface area contributed by atoms with Gasteiger partial charge in [-0.3, -0.25) is 0 Å². The van der Waals surface area contributed by atoms with Crippen molar-refractivity contribution in [2.24, 2.45) is 0 Å². The van der Waals surface area contributed by atoms with Crippen LogP contribution < -0.4 is 10.1 Å². The Morgan fingerprint density at radius 3 is 2.86 bits per heavy atom. The van der Waals surface area contributed by atoms with Crippen molar-refractivity contribution in [2.75, 3.05) is 14.2 Å². The number of likely N-dealkylation sites (N-methyl/N-ethyl adjacent to an activating group) is 1. The lowest BCUT2D eigenvalue weighted by Gasteiger charge is -2.06. The minimum atomic E-state index is 0. The summed E-state index contributed by atoms with van der Waals surface area (Å²) in [4.78, 5) is 4.41. The highest BCUT2D eigenvalue weighted by Crippen LogP contribution is 2.25. The van der Waals surface area contributed by atoms with E-state index in [9.17, 15) is 0 Å². The molecule has 0 fully saturated rings. The van der Waals surface area contributed by atoms with E-state index in [0.717, 1.165) is 28.0 Å². The number of hydrogen-bond donors (Lipinski definition) is 1. The fourth-order valence-electron chi connectivity index (χ4n) is 1.87. The van der Waals surface area contributed by atoms with E-state index in [1.807, 2.05) is 25.2 Å². The smallest absolute Gasteiger partial charge is 0.231 e. The third-order valence-electron chi connectivity index (χ3n) is 3.08. The zero-order valence-electron chi connectivity index (χ0n) is 12.2. The Kier molecular flexibility index (Phi) is 7.14. The van der Waals surface area contributed by atoms with Gasteiger partial charge in [0.15, 0.2) is 5.82 Å². The van der Waals surface area contributed by atoms with Crippen LogP contribution >= 0.6 is 28.3 Å². The molecule has 1 heterocycles. The van der Waals surface area contributed by atoms with Crippen molar-refractivity contribution < 1.29 is 9.26 Å². The Morgan fingerprint density at radius 2 is 2.19 bits per heavy atom. The Bertz CT molecular complexity index is 577. The zero-order valence-corrected chi connectivity index (χ0v) is 14.6. The summed E-state index contributed by atoms with van der Waals surface area (Å²) in [7, 11) is 3.57. The number of halogens is 2. The summed E-state index contributed by atoms with van der Waals surface area (Å²) in [5.41, 5.74) is 1.01. The summed E-state index contributed by atoms with van der Waals surface area (Å²) in [6, 6.07) is 6.18. The van der Waals surface area contributed by atoms with E-state index in [-0.39, 0.29) is 12.4 Å². The maximum Gasteiger partial charge on any atom is 0.231 e. The van der Waals surface area contributed by atoms with Gasteiger partial charge in [0.1, 0.15) is 5.75 Å². The minimum absolute atomic E-state index is 0. The molecule has 7 heteroatoms. The van der Waals surface area contributed by atoms with E-state index in [2.05, 4.69) is 38.3 Å². The summed E-state index contributed by atoms with van der Waals surface area (Å²) in [6.07, 6.45) is 1.30. The largest absolute Gasteiger partial charge is 0.496 e. The molecule has 1 aromatic carbocycles. The molecule has 1 unspecified atom stereocenters. The first-order chi connectivity index (χ1) is 9.62. The number of ether oxygens (including phenoxy) is 1. The first-order valence-corrected chi connectivity index (χ1v) is 7.22. The van der Waals surface area contributed by atoms with Gasteiger partial charge in [0, 0.05) is 22.5 Å². The van der Waals surface area contributed by atoms with Crippen LogP contribution in [0.15, 0.2) is 27.2 Å². The van der Waals surface area contributed by atoms with Gasteiger partial charge in [-0.05, 0) is 32.2 Å². The van der Waals surface area contributed by atoms with Gasteiger partial charge < -0.3 is 14.6 Å². The fourth-order valence-corrected chi connectivity index (χ4v) is 2.28. The number of benzene rings is 1. The van der Waals surface area contributed by atoms with Crippen LogP contribution in [0.1, 0.15) is 24.2 Å². The van der Waals surface area contributed by atoms with Crippen LogP contribution in [-0.4, -0.2) is 30.3 Å². The molecule has 0 spiro atoms. The molecule has 0 aliphatic rings. The molecule has 1 aromatic heterocycles. The number of rotatable bonds is 6. The van der Waals surface area contributed by atoms with Gasteiger partial charge in [-0.2, -0.15) is 4.98 Å². The molecule has 0 saturated carbocycles. The number of nitrogens with zero attached hydrogens (tertiary/aromatic N) is 2. The van der Waals surface area contributed by atoms with E-state index in [0.29, 0.717) is 18.4 Å². The number of aromatic nitrogens is 2. The van der Waals surface area contributed by atoms with Crippen molar-refractivity contribution in [3.05, 3.63) is 40.0 Å². The molecule has 21 heavy (non-hydrogen) atoms. The van der Waals surface area contributed by atoms with E-state index < -0.39 is 0 Å². The van der Waals surface area contributed by atoms with Gasteiger partial charge in [0.2, 0.25) is 5.89 Å².